The van der Waals surface area contributed by atoms with E-state index in [0.717, 1.165) is 24.6 Å². The Hall–Kier alpha value is -2.32. The van der Waals surface area contributed by atoms with Crippen molar-refractivity contribution in [1.82, 2.24) is 14.8 Å². The van der Waals surface area contributed by atoms with E-state index in [4.69, 9.17) is 4.98 Å². The van der Waals surface area contributed by atoms with Crippen molar-refractivity contribution in [3.05, 3.63) is 56.0 Å². The Morgan fingerprint density at radius 1 is 1.23 bits per heavy atom. The van der Waals surface area contributed by atoms with Crippen LogP contribution in [0.4, 0.5) is 5.69 Å². The molecule has 2 fully saturated rings. The molecule has 1 aromatic carbocycles. The van der Waals surface area contributed by atoms with Gasteiger partial charge in [-0.1, -0.05) is 12.1 Å². The highest BCUT2D eigenvalue weighted by atomic mass is 32.1. The summed E-state index contributed by atoms with van der Waals surface area (Å²) in [7, 11) is 0. The van der Waals surface area contributed by atoms with Crippen molar-refractivity contribution in [2.24, 2.45) is 0 Å². The molecule has 1 aliphatic carbocycles. The first-order valence-corrected chi connectivity index (χ1v) is 9.69. The molecule has 26 heavy (non-hydrogen) atoms. The molecule has 0 N–H and O–H groups in total. The van der Waals surface area contributed by atoms with Gasteiger partial charge in [0.15, 0.2) is 0 Å². The lowest BCUT2D eigenvalue weighted by Gasteiger charge is -2.34. The van der Waals surface area contributed by atoms with Gasteiger partial charge in [0.25, 0.3) is 11.6 Å². The molecule has 1 saturated carbocycles. The van der Waals surface area contributed by atoms with Crippen LogP contribution >= 0.6 is 11.3 Å². The summed E-state index contributed by atoms with van der Waals surface area (Å²) >= 11 is 1.71. The molecule has 1 saturated heterocycles. The maximum absolute atomic E-state index is 12.7. The zero-order valence-corrected chi connectivity index (χ0v) is 15.2. The summed E-state index contributed by atoms with van der Waals surface area (Å²) in [6.45, 7) is 3.47. The standard InChI is InChI=1S/C18H20N4O3S/c23-18(14-3-1-2-4-16(14)22(24)25)21-9-7-20(8-10-21)11-17-19-15(12-26-17)13-5-6-13/h1-4,12-13H,5-11H2. The number of carbonyl (C=O) groups excluding carboxylic acids is 1. The van der Waals surface area contributed by atoms with Gasteiger partial charge in [0.05, 0.1) is 17.2 Å². The van der Waals surface area contributed by atoms with Crippen molar-refractivity contribution in [2.45, 2.75) is 25.3 Å². The molecule has 8 heteroatoms. The van der Waals surface area contributed by atoms with E-state index in [1.807, 2.05) is 0 Å². The van der Waals surface area contributed by atoms with Crippen LogP contribution in [0.25, 0.3) is 0 Å². The molecular weight excluding hydrogens is 352 g/mol. The predicted octanol–water partition coefficient (Wildman–Crippen LogP) is 2.89. The number of hydrogen-bond acceptors (Lipinski definition) is 6. The van der Waals surface area contributed by atoms with Gasteiger partial charge < -0.3 is 4.90 Å². The number of piperazine rings is 1. The molecule has 136 valence electrons. The van der Waals surface area contributed by atoms with Crippen LogP contribution < -0.4 is 0 Å². The number of carbonyl (C=O) groups is 1. The lowest BCUT2D eigenvalue weighted by Crippen LogP contribution is -2.48. The first-order chi connectivity index (χ1) is 12.6. The number of nitro benzene ring substituents is 1. The molecule has 0 unspecified atom stereocenters. The third kappa shape index (κ3) is 3.61. The third-order valence-corrected chi connectivity index (χ3v) is 5.77. The largest absolute Gasteiger partial charge is 0.336 e. The number of amides is 1. The maximum atomic E-state index is 12.7. The molecule has 1 aromatic heterocycles. The van der Waals surface area contributed by atoms with E-state index < -0.39 is 4.92 Å². The minimum Gasteiger partial charge on any atom is -0.336 e. The van der Waals surface area contributed by atoms with Crippen LogP contribution in [0.3, 0.4) is 0 Å². The second-order valence-electron chi connectivity index (χ2n) is 6.78. The van der Waals surface area contributed by atoms with Crippen molar-refractivity contribution in [1.29, 1.82) is 0 Å². The number of nitrogens with zero attached hydrogens (tertiary/aromatic N) is 4. The van der Waals surface area contributed by atoms with Crippen LogP contribution in [-0.2, 0) is 6.54 Å². The average molecular weight is 372 g/mol. The first kappa shape index (κ1) is 17.1. The van der Waals surface area contributed by atoms with Crippen molar-refractivity contribution in [3.63, 3.8) is 0 Å². The number of nitro groups is 1. The van der Waals surface area contributed by atoms with Gasteiger partial charge in [0.1, 0.15) is 10.6 Å². The molecular formula is C18H20N4O3S. The Bertz CT molecular complexity index is 825. The zero-order chi connectivity index (χ0) is 18.1. The summed E-state index contributed by atoms with van der Waals surface area (Å²) in [5.41, 5.74) is 1.27. The Morgan fingerprint density at radius 2 is 1.96 bits per heavy atom. The molecule has 4 rings (SSSR count). The van der Waals surface area contributed by atoms with Crippen molar-refractivity contribution in [2.75, 3.05) is 26.2 Å². The van der Waals surface area contributed by atoms with E-state index in [-0.39, 0.29) is 17.2 Å². The van der Waals surface area contributed by atoms with Gasteiger partial charge in [-0.05, 0) is 18.9 Å². The summed E-state index contributed by atoms with van der Waals surface area (Å²) in [6.07, 6.45) is 2.52. The number of thiazole rings is 1. The molecule has 0 bridgehead atoms. The summed E-state index contributed by atoms with van der Waals surface area (Å²) in [6, 6.07) is 6.15. The number of aromatic nitrogens is 1. The number of hydrogen-bond donors (Lipinski definition) is 0. The van der Waals surface area contributed by atoms with Gasteiger partial charge in [-0.25, -0.2) is 4.98 Å². The van der Waals surface area contributed by atoms with Gasteiger partial charge in [-0.2, -0.15) is 0 Å². The SMILES string of the molecule is O=C(c1ccccc1[N+](=O)[O-])N1CCN(Cc2nc(C3CC3)cs2)CC1. The maximum Gasteiger partial charge on any atom is 0.282 e. The van der Waals surface area contributed by atoms with Gasteiger partial charge in [0.2, 0.25) is 0 Å². The Morgan fingerprint density at radius 3 is 2.65 bits per heavy atom. The van der Waals surface area contributed by atoms with E-state index >= 15 is 0 Å². The quantitative estimate of drug-likeness (QED) is 0.596. The van der Waals surface area contributed by atoms with Crippen LogP contribution in [0, 0.1) is 10.1 Å². The molecule has 2 aromatic rings. The van der Waals surface area contributed by atoms with Crippen LogP contribution in [0.1, 0.15) is 39.8 Å². The van der Waals surface area contributed by atoms with E-state index in [0.29, 0.717) is 19.0 Å². The highest BCUT2D eigenvalue weighted by Gasteiger charge is 2.28. The zero-order valence-electron chi connectivity index (χ0n) is 14.3. The van der Waals surface area contributed by atoms with Crippen molar-refractivity contribution < 1.29 is 9.72 Å². The lowest BCUT2D eigenvalue weighted by molar-refractivity contribution is -0.385. The second-order valence-corrected chi connectivity index (χ2v) is 7.73. The summed E-state index contributed by atoms with van der Waals surface area (Å²) in [4.78, 5) is 32.0. The molecule has 7 nitrogen and oxygen atoms in total. The summed E-state index contributed by atoms with van der Waals surface area (Å²) in [5.74, 6) is 0.415. The van der Waals surface area contributed by atoms with Gasteiger partial charge in [-0.15, -0.1) is 11.3 Å². The summed E-state index contributed by atoms with van der Waals surface area (Å²) < 4.78 is 0. The fraction of sp³-hybridized carbons (Fsp3) is 0.444. The predicted molar refractivity (Wildman–Crippen MR) is 98.4 cm³/mol. The van der Waals surface area contributed by atoms with Gasteiger partial charge in [-0.3, -0.25) is 19.8 Å². The fourth-order valence-corrected chi connectivity index (χ4v) is 4.17. The van der Waals surface area contributed by atoms with Crippen LogP contribution in [0.15, 0.2) is 29.6 Å². The van der Waals surface area contributed by atoms with E-state index in [1.165, 1.54) is 30.7 Å². The normalized spacial score (nSPS) is 18.1. The lowest BCUT2D eigenvalue weighted by atomic mass is 10.1. The molecule has 0 spiro atoms. The first-order valence-electron chi connectivity index (χ1n) is 8.81. The Labute approximate surface area is 155 Å². The molecule has 2 heterocycles. The summed E-state index contributed by atoms with van der Waals surface area (Å²) in [5, 5.41) is 14.4. The molecule has 1 aliphatic heterocycles. The molecule has 1 amide bonds. The second kappa shape index (κ2) is 7.13. The molecule has 0 atom stereocenters. The monoisotopic (exact) mass is 372 g/mol. The van der Waals surface area contributed by atoms with Crippen LogP contribution in [0.2, 0.25) is 0 Å². The van der Waals surface area contributed by atoms with Crippen molar-refractivity contribution >= 4 is 22.9 Å². The highest BCUT2D eigenvalue weighted by Crippen LogP contribution is 2.40. The Kier molecular flexibility index (Phi) is 4.69. The number of benzene rings is 1. The third-order valence-electron chi connectivity index (χ3n) is 4.91. The fourth-order valence-electron chi connectivity index (χ4n) is 3.25. The topological polar surface area (TPSA) is 79.6 Å². The van der Waals surface area contributed by atoms with E-state index in [1.54, 1.807) is 28.4 Å². The van der Waals surface area contributed by atoms with Crippen LogP contribution in [0.5, 0.6) is 0 Å². The van der Waals surface area contributed by atoms with Crippen molar-refractivity contribution in [3.8, 4) is 0 Å². The molecule has 2 aliphatic rings. The number of para-hydroxylation sites is 1. The van der Waals surface area contributed by atoms with Crippen LogP contribution in [-0.4, -0.2) is 51.8 Å². The van der Waals surface area contributed by atoms with E-state index in [2.05, 4.69) is 10.3 Å². The minimum absolute atomic E-state index is 0.129. The van der Waals surface area contributed by atoms with Gasteiger partial charge in [0, 0.05) is 43.5 Å². The number of rotatable bonds is 5. The van der Waals surface area contributed by atoms with Gasteiger partial charge >= 0.3 is 0 Å². The molecule has 0 radical (unpaired) electrons. The minimum atomic E-state index is -0.497. The smallest absolute Gasteiger partial charge is 0.282 e. The van der Waals surface area contributed by atoms with E-state index in [9.17, 15) is 14.9 Å². The highest BCUT2D eigenvalue weighted by molar-refractivity contribution is 7.09. The average Bonchev–Trinajstić information content (AvgIpc) is 3.41. The Balaban J connectivity index is 1.35.